The lowest BCUT2D eigenvalue weighted by Crippen LogP contribution is -2.22. The average molecular weight is 298 g/mol. The highest BCUT2D eigenvalue weighted by Crippen LogP contribution is 2.17. The van der Waals surface area contributed by atoms with Crippen molar-refractivity contribution in [2.24, 2.45) is 7.05 Å². The second-order valence-electron chi connectivity index (χ2n) is 4.77. The van der Waals surface area contributed by atoms with Crippen LogP contribution in [0.15, 0.2) is 41.5 Å². The van der Waals surface area contributed by atoms with Crippen LogP contribution >= 0.6 is 0 Å². The number of hydrogen-bond acceptors (Lipinski definition) is 4. The van der Waals surface area contributed by atoms with E-state index in [1.807, 2.05) is 0 Å². The number of pyridine rings is 1. The number of nitrogens with one attached hydrogen (secondary N) is 2. The molecule has 0 fully saturated rings. The van der Waals surface area contributed by atoms with Gasteiger partial charge in [-0.2, -0.15) is 5.10 Å². The van der Waals surface area contributed by atoms with Crippen LogP contribution in [-0.2, 0) is 7.05 Å². The van der Waals surface area contributed by atoms with Crippen molar-refractivity contribution < 1.29 is 9.53 Å². The standard InChI is InChI=1S/C15H14N4O3/c1-19-6-5-13(18-19)17-15(21)11-8-16-12-7-9(22-2)3-4-10(12)14(11)20/h3-8H,1-2H3,(H,16,20)(H,17,18,21). The molecule has 0 unspecified atom stereocenters. The van der Waals surface area contributed by atoms with Crippen molar-refractivity contribution in [2.75, 3.05) is 12.4 Å². The molecular formula is C15H14N4O3. The number of aryl methyl sites for hydroxylation is 1. The molecule has 22 heavy (non-hydrogen) atoms. The number of H-pyrrole nitrogens is 1. The second kappa shape index (κ2) is 5.36. The van der Waals surface area contributed by atoms with Gasteiger partial charge in [-0.1, -0.05) is 0 Å². The predicted octanol–water partition coefficient (Wildman–Crippen LogP) is 1.52. The summed E-state index contributed by atoms with van der Waals surface area (Å²) in [5.74, 6) is 0.522. The maximum atomic E-state index is 12.4. The first kappa shape index (κ1) is 13.9. The number of rotatable bonds is 3. The van der Waals surface area contributed by atoms with Crippen molar-refractivity contribution in [3.63, 3.8) is 0 Å². The molecule has 112 valence electrons. The van der Waals surface area contributed by atoms with Gasteiger partial charge in [-0.15, -0.1) is 0 Å². The maximum absolute atomic E-state index is 12.4. The zero-order valence-corrected chi connectivity index (χ0v) is 12.1. The minimum atomic E-state index is -0.502. The van der Waals surface area contributed by atoms with Crippen molar-refractivity contribution in [1.82, 2.24) is 14.8 Å². The van der Waals surface area contributed by atoms with Crippen LogP contribution < -0.4 is 15.5 Å². The van der Waals surface area contributed by atoms with E-state index in [-0.39, 0.29) is 11.0 Å². The Bertz CT molecular complexity index is 911. The van der Waals surface area contributed by atoms with E-state index in [0.29, 0.717) is 22.5 Å². The molecule has 1 amide bonds. The predicted molar refractivity (Wildman–Crippen MR) is 82.3 cm³/mol. The lowest BCUT2D eigenvalue weighted by atomic mass is 10.1. The van der Waals surface area contributed by atoms with Crippen LogP contribution in [0.2, 0.25) is 0 Å². The van der Waals surface area contributed by atoms with Crippen molar-refractivity contribution in [2.45, 2.75) is 0 Å². The van der Waals surface area contributed by atoms with Gasteiger partial charge in [0, 0.05) is 37.0 Å². The normalized spacial score (nSPS) is 10.6. The molecule has 0 atom stereocenters. The van der Waals surface area contributed by atoms with Gasteiger partial charge in [0.1, 0.15) is 11.3 Å². The van der Waals surface area contributed by atoms with Crippen molar-refractivity contribution in [3.05, 3.63) is 52.4 Å². The van der Waals surface area contributed by atoms with Gasteiger partial charge in [0.25, 0.3) is 5.91 Å². The molecule has 7 heteroatoms. The molecule has 0 saturated carbocycles. The molecule has 3 aromatic rings. The van der Waals surface area contributed by atoms with Crippen molar-refractivity contribution in [3.8, 4) is 5.75 Å². The van der Waals surface area contributed by atoms with Crippen LogP contribution in [0.25, 0.3) is 10.9 Å². The number of aromatic nitrogens is 3. The lowest BCUT2D eigenvalue weighted by Gasteiger charge is -2.05. The number of nitrogens with zero attached hydrogens (tertiary/aromatic N) is 2. The summed E-state index contributed by atoms with van der Waals surface area (Å²) in [5.41, 5.74) is 0.298. The average Bonchev–Trinajstić information content (AvgIpc) is 2.92. The summed E-state index contributed by atoms with van der Waals surface area (Å²) in [4.78, 5) is 27.6. The monoisotopic (exact) mass is 298 g/mol. The minimum absolute atomic E-state index is 0.0309. The van der Waals surface area contributed by atoms with Gasteiger partial charge in [-0.05, 0) is 12.1 Å². The number of benzene rings is 1. The third-order valence-electron chi connectivity index (χ3n) is 3.29. The van der Waals surface area contributed by atoms with Crippen LogP contribution in [0.1, 0.15) is 10.4 Å². The van der Waals surface area contributed by atoms with E-state index in [9.17, 15) is 9.59 Å². The van der Waals surface area contributed by atoms with E-state index < -0.39 is 5.91 Å². The van der Waals surface area contributed by atoms with Gasteiger partial charge in [0.2, 0.25) is 5.43 Å². The molecule has 0 radical (unpaired) electrons. The molecule has 0 bridgehead atoms. The molecule has 2 heterocycles. The number of amides is 1. The number of ether oxygens (including phenoxy) is 1. The fourth-order valence-corrected chi connectivity index (χ4v) is 2.16. The first-order valence-corrected chi connectivity index (χ1v) is 6.59. The molecule has 0 spiro atoms. The number of methoxy groups -OCH3 is 1. The van der Waals surface area contributed by atoms with Crippen molar-refractivity contribution in [1.29, 1.82) is 0 Å². The Kier molecular flexibility index (Phi) is 3.38. The van der Waals surface area contributed by atoms with Gasteiger partial charge in [-0.25, -0.2) is 0 Å². The Labute approximate surface area is 125 Å². The number of anilines is 1. The molecule has 0 aliphatic carbocycles. The Morgan fingerprint density at radius 1 is 1.36 bits per heavy atom. The summed E-state index contributed by atoms with van der Waals surface area (Å²) in [5, 5.41) is 7.06. The minimum Gasteiger partial charge on any atom is -0.497 e. The molecule has 0 aliphatic rings. The molecule has 7 nitrogen and oxygen atoms in total. The van der Waals surface area contributed by atoms with Gasteiger partial charge < -0.3 is 15.0 Å². The maximum Gasteiger partial charge on any atom is 0.262 e. The van der Waals surface area contributed by atoms with Crippen LogP contribution in [-0.4, -0.2) is 27.8 Å². The van der Waals surface area contributed by atoms with Crippen LogP contribution in [0.5, 0.6) is 5.75 Å². The van der Waals surface area contributed by atoms with Crippen LogP contribution in [0, 0.1) is 0 Å². The van der Waals surface area contributed by atoms with E-state index in [1.165, 1.54) is 6.20 Å². The summed E-state index contributed by atoms with van der Waals surface area (Å²) >= 11 is 0. The Morgan fingerprint density at radius 2 is 2.18 bits per heavy atom. The Balaban J connectivity index is 1.98. The second-order valence-corrected chi connectivity index (χ2v) is 4.77. The zero-order chi connectivity index (χ0) is 15.7. The van der Waals surface area contributed by atoms with Crippen LogP contribution in [0.3, 0.4) is 0 Å². The van der Waals surface area contributed by atoms with E-state index in [0.717, 1.165) is 0 Å². The first-order chi connectivity index (χ1) is 10.6. The van der Waals surface area contributed by atoms with Gasteiger partial charge in [0.05, 0.1) is 12.6 Å². The smallest absolute Gasteiger partial charge is 0.262 e. The number of hydrogen-bond donors (Lipinski definition) is 2. The Hall–Kier alpha value is -3.09. The summed E-state index contributed by atoms with van der Waals surface area (Å²) in [6.45, 7) is 0. The molecule has 0 aliphatic heterocycles. The number of fused-ring (bicyclic) bond motifs is 1. The topological polar surface area (TPSA) is 89.0 Å². The summed E-state index contributed by atoms with van der Waals surface area (Å²) in [6, 6.07) is 6.66. The van der Waals surface area contributed by atoms with Crippen molar-refractivity contribution >= 4 is 22.6 Å². The van der Waals surface area contributed by atoms with Gasteiger partial charge in [-0.3, -0.25) is 14.3 Å². The van der Waals surface area contributed by atoms with E-state index in [1.54, 1.807) is 49.3 Å². The molecular weight excluding hydrogens is 284 g/mol. The van der Waals surface area contributed by atoms with E-state index >= 15 is 0 Å². The highest BCUT2D eigenvalue weighted by Gasteiger charge is 2.14. The molecule has 0 saturated heterocycles. The fourth-order valence-electron chi connectivity index (χ4n) is 2.16. The molecule has 1 aromatic carbocycles. The largest absolute Gasteiger partial charge is 0.497 e. The summed E-state index contributed by atoms with van der Waals surface area (Å²) < 4.78 is 6.67. The number of aromatic amines is 1. The zero-order valence-electron chi connectivity index (χ0n) is 12.1. The number of carbonyl (C=O) groups excluding carboxylic acids is 1. The highest BCUT2D eigenvalue weighted by atomic mass is 16.5. The molecule has 3 rings (SSSR count). The van der Waals surface area contributed by atoms with Gasteiger partial charge in [0.15, 0.2) is 5.82 Å². The highest BCUT2D eigenvalue weighted by molar-refractivity contribution is 6.05. The molecule has 2 N–H and O–H groups in total. The Morgan fingerprint density at radius 3 is 2.86 bits per heavy atom. The third kappa shape index (κ3) is 2.44. The summed E-state index contributed by atoms with van der Waals surface area (Å²) in [6.07, 6.45) is 3.09. The molecule has 2 aromatic heterocycles. The lowest BCUT2D eigenvalue weighted by molar-refractivity contribution is 0.102. The SMILES string of the molecule is COc1ccc2c(=O)c(C(=O)Nc3ccn(C)n3)c[nH]c2c1. The first-order valence-electron chi connectivity index (χ1n) is 6.59. The van der Waals surface area contributed by atoms with Crippen LogP contribution in [0.4, 0.5) is 5.82 Å². The summed E-state index contributed by atoms with van der Waals surface area (Å²) in [7, 11) is 3.29. The third-order valence-corrected chi connectivity index (χ3v) is 3.29. The van der Waals surface area contributed by atoms with E-state index in [2.05, 4.69) is 15.4 Å². The fraction of sp³-hybridized carbons (Fsp3) is 0.133. The van der Waals surface area contributed by atoms with E-state index in [4.69, 9.17) is 4.74 Å². The van der Waals surface area contributed by atoms with Gasteiger partial charge >= 0.3 is 0 Å². The number of carbonyl (C=O) groups is 1. The quantitative estimate of drug-likeness (QED) is 0.767.